The molecule has 4 heteroatoms. The van der Waals surface area contributed by atoms with Crippen molar-refractivity contribution < 1.29 is 0 Å². The van der Waals surface area contributed by atoms with Crippen LogP contribution >= 0.6 is 0 Å². The van der Waals surface area contributed by atoms with Gasteiger partial charge in [0.25, 0.3) is 0 Å². The van der Waals surface area contributed by atoms with Gasteiger partial charge in [0.15, 0.2) is 5.96 Å². The summed E-state index contributed by atoms with van der Waals surface area (Å²) in [4.78, 5) is 6.57. The van der Waals surface area contributed by atoms with Gasteiger partial charge in [0, 0.05) is 26.7 Å². The summed E-state index contributed by atoms with van der Waals surface area (Å²) in [6, 6.07) is 0.652. The van der Waals surface area contributed by atoms with E-state index < -0.39 is 0 Å². The van der Waals surface area contributed by atoms with E-state index in [2.05, 4.69) is 27.6 Å². The molecule has 62 valence electrons. The summed E-state index contributed by atoms with van der Waals surface area (Å²) in [5.41, 5.74) is 0. The van der Waals surface area contributed by atoms with Crippen molar-refractivity contribution in [3.05, 3.63) is 0 Å². The zero-order chi connectivity index (χ0) is 7.68. The maximum atomic E-state index is 4.34. The zero-order valence-electron chi connectivity index (χ0n) is 6.80. The molecule has 11 heavy (non-hydrogen) atoms. The average molecular weight is 154 g/mol. The van der Waals surface area contributed by atoms with Gasteiger partial charge in [0.05, 0.1) is 12.6 Å². The smallest absolute Gasteiger partial charge is 0.194 e. The van der Waals surface area contributed by atoms with E-state index in [0.29, 0.717) is 6.04 Å². The van der Waals surface area contributed by atoms with Crippen molar-refractivity contribution in [2.75, 3.05) is 33.2 Å². The minimum absolute atomic E-state index is 0.652. The third-order valence-electron chi connectivity index (χ3n) is 2.30. The van der Waals surface area contributed by atoms with Crippen LogP contribution in [0, 0.1) is 0 Å². The number of hydrogen-bond donors (Lipinski definition) is 2. The normalized spacial score (nSPS) is 23.9. The first-order chi connectivity index (χ1) is 5.38. The van der Waals surface area contributed by atoms with E-state index in [-0.39, 0.29) is 0 Å². The Morgan fingerprint density at radius 1 is 1.55 bits per heavy atom. The van der Waals surface area contributed by atoms with Crippen LogP contribution in [-0.4, -0.2) is 50.1 Å². The van der Waals surface area contributed by atoms with Crippen molar-refractivity contribution in [2.45, 2.75) is 6.04 Å². The summed E-state index contributed by atoms with van der Waals surface area (Å²) in [5, 5.41) is 6.49. The summed E-state index contributed by atoms with van der Waals surface area (Å²) >= 11 is 0. The molecule has 1 saturated heterocycles. The standard InChI is InChI=1S/C7H14N4/c1-11(6-4-8-5-6)7-9-2-3-10-7/h6,8H,2-5H2,1H3,(H,9,10). The third kappa shape index (κ3) is 1.18. The quantitative estimate of drug-likeness (QED) is 0.501. The number of nitrogens with zero attached hydrogens (tertiary/aromatic N) is 2. The van der Waals surface area contributed by atoms with E-state index in [0.717, 1.165) is 32.1 Å². The molecular formula is C7H14N4. The highest BCUT2D eigenvalue weighted by Gasteiger charge is 2.24. The van der Waals surface area contributed by atoms with Crippen LogP contribution in [0.5, 0.6) is 0 Å². The van der Waals surface area contributed by atoms with Gasteiger partial charge in [-0.05, 0) is 0 Å². The van der Waals surface area contributed by atoms with Crippen LogP contribution in [0.15, 0.2) is 4.99 Å². The molecule has 0 amide bonds. The molecule has 0 saturated carbocycles. The lowest BCUT2D eigenvalue weighted by molar-refractivity contribution is 0.261. The van der Waals surface area contributed by atoms with Gasteiger partial charge in [-0.2, -0.15) is 0 Å². The second kappa shape index (κ2) is 2.70. The van der Waals surface area contributed by atoms with Crippen LogP contribution in [0.2, 0.25) is 0 Å². The fourth-order valence-electron chi connectivity index (χ4n) is 1.34. The number of likely N-dealkylation sites (N-methyl/N-ethyl adjacent to an activating group) is 1. The van der Waals surface area contributed by atoms with Gasteiger partial charge in [-0.15, -0.1) is 0 Å². The van der Waals surface area contributed by atoms with Crippen molar-refractivity contribution in [1.29, 1.82) is 0 Å². The van der Waals surface area contributed by atoms with Crippen LogP contribution in [0.3, 0.4) is 0 Å². The van der Waals surface area contributed by atoms with Crippen LogP contribution in [0.4, 0.5) is 0 Å². The molecule has 2 N–H and O–H groups in total. The van der Waals surface area contributed by atoms with Gasteiger partial charge in [-0.3, -0.25) is 4.99 Å². The van der Waals surface area contributed by atoms with E-state index in [1.165, 1.54) is 0 Å². The first-order valence-electron chi connectivity index (χ1n) is 4.10. The fourth-order valence-corrected chi connectivity index (χ4v) is 1.34. The minimum atomic E-state index is 0.652. The van der Waals surface area contributed by atoms with E-state index in [1.807, 2.05) is 0 Å². The highest BCUT2D eigenvalue weighted by atomic mass is 15.3. The monoisotopic (exact) mass is 154 g/mol. The van der Waals surface area contributed by atoms with Crippen molar-refractivity contribution in [3.63, 3.8) is 0 Å². The lowest BCUT2D eigenvalue weighted by atomic mass is 10.1. The van der Waals surface area contributed by atoms with Crippen LogP contribution in [0.25, 0.3) is 0 Å². The second-order valence-corrected chi connectivity index (χ2v) is 3.06. The van der Waals surface area contributed by atoms with Gasteiger partial charge in [-0.25, -0.2) is 0 Å². The molecule has 0 unspecified atom stereocenters. The van der Waals surface area contributed by atoms with Crippen molar-refractivity contribution in [1.82, 2.24) is 15.5 Å². The summed E-state index contributed by atoms with van der Waals surface area (Å²) in [7, 11) is 2.10. The molecule has 2 aliphatic rings. The SMILES string of the molecule is CN(C1=NCCN1)C1CNC1. The first kappa shape index (κ1) is 6.91. The van der Waals surface area contributed by atoms with E-state index >= 15 is 0 Å². The average Bonchev–Trinajstić information content (AvgIpc) is 2.32. The minimum Gasteiger partial charge on any atom is -0.354 e. The van der Waals surface area contributed by atoms with Gasteiger partial charge < -0.3 is 15.5 Å². The van der Waals surface area contributed by atoms with Gasteiger partial charge in [0.2, 0.25) is 0 Å². The van der Waals surface area contributed by atoms with Gasteiger partial charge in [0.1, 0.15) is 0 Å². The van der Waals surface area contributed by atoms with Gasteiger partial charge >= 0.3 is 0 Å². The van der Waals surface area contributed by atoms with Gasteiger partial charge in [-0.1, -0.05) is 0 Å². The number of rotatable bonds is 1. The molecule has 0 aliphatic carbocycles. The Balaban J connectivity index is 1.92. The lowest BCUT2D eigenvalue weighted by Gasteiger charge is -2.36. The largest absolute Gasteiger partial charge is 0.354 e. The molecule has 0 spiro atoms. The Kier molecular flexibility index (Phi) is 1.69. The van der Waals surface area contributed by atoms with E-state index in [1.54, 1.807) is 0 Å². The van der Waals surface area contributed by atoms with Crippen molar-refractivity contribution in [2.24, 2.45) is 4.99 Å². The molecular weight excluding hydrogens is 140 g/mol. The molecule has 1 fully saturated rings. The Bertz CT molecular complexity index is 173. The Labute approximate surface area is 66.7 Å². The Hall–Kier alpha value is -0.770. The Morgan fingerprint density at radius 3 is 2.82 bits per heavy atom. The number of aliphatic imine (C=N–C) groups is 1. The summed E-state index contributed by atoms with van der Waals surface area (Å²) in [6.45, 7) is 4.12. The second-order valence-electron chi connectivity index (χ2n) is 3.06. The van der Waals surface area contributed by atoms with Crippen LogP contribution in [-0.2, 0) is 0 Å². The predicted octanol–water partition coefficient (Wildman–Crippen LogP) is -1.15. The number of hydrogen-bond acceptors (Lipinski definition) is 4. The molecule has 0 atom stereocenters. The third-order valence-corrected chi connectivity index (χ3v) is 2.30. The van der Waals surface area contributed by atoms with Crippen LogP contribution in [0.1, 0.15) is 0 Å². The van der Waals surface area contributed by atoms with E-state index in [9.17, 15) is 0 Å². The topological polar surface area (TPSA) is 39.7 Å². The fraction of sp³-hybridized carbons (Fsp3) is 0.857. The molecule has 2 heterocycles. The summed E-state index contributed by atoms with van der Waals surface area (Å²) < 4.78 is 0. The molecule has 4 nitrogen and oxygen atoms in total. The summed E-state index contributed by atoms with van der Waals surface area (Å²) in [5.74, 6) is 1.07. The predicted molar refractivity (Wildman–Crippen MR) is 44.7 cm³/mol. The lowest BCUT2D eigenvalue weighted by Crippen LogP contribution is -2.59. The van der Waals surface area contributed by atoms with Crippen molar-refractivity contribution >= 4 is 5.96 Å². The Morgan fingerprint density at radius 2 is 2.36 bits per heavy atom. The molecule has 0 aromatic heterocycles. The van der Waals surface area contributed by atoms with E-state index in [4.69, 9.17) is 0 Å². The van der Waals surface area contributed by atoms with Crippen molar-refractivity contribution in [3.8, 4) is 0 Å². The highest BCUT2D eigenvalue weighted by molar-refractivity contribution is 5.81. The first-order valence-corrected chi connectivity index (χ1v) is 4.10. The number of guanidine groups is 1. The number of nitrogens with one attached hydrogen (secondary N) is 2. The molecule has 0 aromatic rings. The maximum Gasteiger partial charge on any atom is 0.194 e. The summed E-state index contributed by atoms with van der Waals surface area (Å²) in [6.07, 6.45) is 0. The zero-order valence-corrected chi connectivity index (χ0v) is 6.80. The highest BCUT2D eigenvalue weighted by Crippen LogP contribution is 2.03. The molecule has 0 radical (unpaired) electrons. The maximum absolute atomic E-state index is 4.34. The van der Waals surface area contributed by atoms with Crippen LogP contribution < -0.4 is 10.6 Å². The molecule has 0 bridgehead atoms. The molecule has 2 rings (SSSR count). The molecule has 2 aliphatic heterocycles. The molecule has 0 aromatic carbocycles.